The molecule has 1 aliphatic rings. The highest BCUT2D eigenvalue weighted by molar-refractivity contribution is 8.15. The van der Waals surface area contributed by atoms with Crippen LogP contribution in [-0.2, 0) is 22.8 Å². The lowest BCUT2D eigenvalue weighted by Crippen LogP contribution is -2.26. The Hall–Kier alpha value is -3.94. The van der Waals surface area contributed by atoms with Crippen LogP contribution in [-0.4, -0.2) is 48.4 Å². The van der Waals surface area contributed by atoms with Crippen LogP contribution in [0.4, 0.5) is 13.2 Å². The summed E-state index contributed by atoms with van der Waals surface area (Å²) in [6.07, 6.45) is -3.55. The number of nitrogens with zero attached hydrogens (tertiary/aromatic N) is 5. The van der Waals surface area contributed by atoms with Gasteiger partial charge in [0.25, 0.3) is 0 Å². The highest BCUT2D eigenvalue weighted by Gasteiger charge is 2.36. The first-order chi connectivity index (χ1) is 16.5. The van der Waals surface area contributed by atoms with Crippen LogP contribution in [0.25, 0.3) is 11.0 Å². The number of hydrogen-bond acceptors (Lipinski definition) is 8. The summed E-state index contributed by atoms with van der Waals surface area (Å²) in [5.74, 6) is -1.52. The maximum atomic E-state index is 13.6. The van der Waals surface area contributed by atoms with Gasteiger partial charge in [0.15, 0.2) is 10.8 Å². The Morgan fingerprint density at radius 1 is 1.34 bits per heavy atom. The van der Waals surface area contributed by atoms with Crippen molar-refractivity contribution in [2.75, 3.05) is 0 Å². The first kappa shape index (κ1) is 24.2. The van der Waals surface area contributed by atoms with E-state index in [1.165, 1.54) is 37.0 Å². The summed E-state index contributed by atoms with van der Waals surface area (Å²) in [5, 5.41) is 22.3. The number of hydrogen-bond donors (Lipinski definition) is 2. The van der Waals surface area contributed by atoms with Crippen LogP contribution < -0.4 is 10.1 Å². The zero-order valence-electron chi connectivity index (χ0n) is 18.2. The standard InChI is InChI=1S/C21H17F3N6O4S/c1-10-17-13(21(22,23)24)7-15(26-18(17)30(2)29-10)34-12-5-3-11(4-6-12)9-25-28-20-27-19(33)14(35-20)8-16(31)32/h3-7,9,14H,8H2,1-2H3,(H,31,32)(H,27,28,33). The zero-order valence-corrected chi connectivity index (χ0v) is 19.0. The van der Waals surface area contributed by atoms with Gasteiger partial charge in [0.05, 0.1) is 29.3 Å². The lowest BCUT2D eigenvalue weighted by Gasteiger charge is -2.11. The molecule has 2 N–H and O–H groups in total. The van der Waals surface area contributed by atoms with E-state index in [4.69, 9.17) is 9.84 Å². The Bertz CT molecular complexity index is 1370. The lowest BCUT2D eigenvalue weighted by atomic mass is 10.1. The van der Waals surface area contributed by atoms with Gasteiger partial charge in [-0.25, -0.2) is 0 Å². The number of aryl methyl sites for hydroxylation is 2. The topological polar surface area (TPSA) is 131 Å². The number of aromatic nitrogens is 3. The molecule has 0 spiro atoms. The second-order valence-corrected chi connectivity index (χ2v) is 8.62. The molecule has 14 heteroatoms. The SMILES string of the molecule is Cc1nn(C)c2nc(Oc3ccc(C=NN=C4NC(=O)C(CC(=O)O)S4)cc3)cc(C(F)(F)F)c12. The minimum absolute atomic E-state index is 0.0534. The zero-order chi connectivity index (χ0) is 25.3. The number of carboxylic acids is 1. The van der Waals surface area contributed by atoms with Crippen LogP contribution in [0.1, 0.15) is 23.2 Å². The van der Waals surface area contributed by atoms with Crippen LogP contribution in [0.2, 0.25) is 0 Å². The van der Waals surface area contributed by atoms with E-state index >= 15 is 0 Å². The molecule has 1 unspecified atom stereocenters. The van der Waals surface area contributed by atoms with Crippen LogP contribution >= 0.6 is 11.8 Å². The molecule has 182 valence electrons. The number of ether oxygens (including phenoxy) is 1. The smallest absolute Gasteiger partial charge is 0.417 e. The molecule has 1 atom stereocenters. The van der Waals surface area contributed by atoms with Gasteiger partial charge in [-0.3, -0.25) is 14.3 Å². The van der Waals surface area contributed by atoms with Gasteiger partial charge in [0.1, 0.15) is 11.0 Å². The fourth-order valence-corrected chi connectivity index (χ4v) is 4.25. The van der Waals surface area contributed by atoms with E-state index in [1.807, 2.05) is 0 Å². The van der Waals surface area contributed by atoms with Gasteiger partial charge in [-0.15, -0.1) is 5.10 Å². The predicted molar refractivity (Wildman–Crippen MR) is 122 cm³/mol. The molecule has 3 heterocycles. The number of thioether (sulfide) groups is 1. The Balaban J connectivity index is 1.48. The monoisotopic (exact) mass is 506 g/mol. The summed E-state index contributed by atoms with van der Waals surface area (Å²) in [6.45, 7) is 1.48. The number of benzene rings is 1. The molecular weight excluding hydrogens is 489 g/mol. The molecule has 2 aromatic heterocycles. The third-order valence-electron chi connectivity index (χ3n) is 4.84. The number of halogens is 3. The van der Waals surface area contributed by atoms with Crippen molar-refractivity contribution >= 4 is 46.1 Å². The number of carbonyl (C=O) groups excluding carboxylic acids is 1. The molecule has 1 saturated heterocycles. The van der Waals surface area contributed by atoms with Gasteiger partial charge in [0, 0.05) is 13.1 Å². The van der Waals surface area contributed by atoms with Crippen molar-refractivity contribution in [1.82, 2.24) is 20.1 Å². The van der Waals surface area contributed by atoms with Gasteiger partial charge in [-0.1, -0.05) is 11.8 Å². The Morgan fingerprint density at radius 2 is 2.06 bits per heavy atom. The van der Waals surface area contributed by atoms with Crippen LogP contribution in [0, 0.1) is 6.92 Å². The Morgan fingerprint density at radius 3 is 2.71 bits per heavy atom. The molecule has 10 nitrogen and oxygen atoms in total. The van der Waals surface area contributed by atoms with Crippen molar-refractivity contribution in [3.05, 3.63) is 47.2 Å². The average molecular weight is 506 g/mol. The van der Waals surface area contributed by atoms with Gasteiger partial charge in [-0.05, 0) is 36.8 Å². The Labute approximate surface area is 199 Å². The molecule has 0 aliphatic carbocycles. The van der Waals surface area contributed by atoms with Gasteiger partial charge in [-0.2, -0.15) is 28.4 Å². The molecule has 0 radical (unpaired) electrons. The number of rotatable bonds is 6. The number of pyridine rings is 1. The number of nitrogens with one attached hydrogen (secondary N) is 1. The molecule has 1 fully saturated rings. The molecule has 0 saturated carbocycles. The second kappa shape index (κ2) is 9.37. The molecule has 1 aliphatic heterocycles. The number of carboxylic acid groups (broad SMARTS) is 1. The minimum atomic E-state index is -4.61. The third-order valence-corrected chi connectivity index (χ3v) is 5.92. The number of fused-ring (bicyclic) bond motifs is 1. The van der Waals surface area contributed by atoms with E-state index in [9.17, 15) is 22.8 Å². The summed E-state index contributed by atoms with van der Waals surface area (Å²) < 4.78 is 47.7. The quantitative estimate of drug-likeness (QED) is 0.387. The summed E-state index contributed by atoms with van der Waals surface area (Å²) >= 11 is 0.973. The van der Waals surface area contributed by atoms with Crippen LogP contribution in [0.3, 0.4) is 0 Å². The van der Waals surface area contributed by atoms with Crippen molar-refractivity contribution in [3.8, 4) is 11.6 Å². The van der Waals surface area contributed by atoms with E-state index < -0.39 is 28.9 Å². The maximum Gasteiger partial charge on any atom is 0.417 e. The first-order valence-electron chi connectivity index (χ1n) is 10.0. The predicted octanol–water partition coefficient (Wildman–Crippen LogP) is 3.48. The lowest BCUT2D eigenvalue weighted by molar-refractivity contribution is -0.138. The highest BCUT2D eigenvalue weighted by atomic mass is 32.2. The van der Waals surface area contributed by atoms with E-state index in [0.29, 0.717) is 5.56 Å². The normalized spacial score (nSPS) is 17.5. The minimum Gasteiger partial charge on any atom is -0.481 e. The molecule has 0 bridgehead atoms. The Kier molecular flexibility index (Phi) is 6.47. The average Bonchev–Trinajstić information content (AvgIpc) is 3.26. The number of aliphatic carboxylic acids is 1. The third kappa shape index (κ3) is 5.42. The van der Waals surface area contributed by atoms with E-state index in [2.05, 4.69) is 25.6 Å². The molecule has 3 aromatic rings. The summed E-state index contributed by atoms with van der Waals surface area (Å²) in [7, 11) is 1.51. The maximum absolute atomic E-state index is 13.6. The van der Waals surface area contributed by atoms with Crippen molar-refractivity contribution < 1.29 is 32.6 Å². The fourth-order valence-electron chi connectivity index (χ4n) is 3.33. The van der Waals surface area contributed by atoms with Gasteiger partial charge < -0.3 is 15.2 Å². The molecule has 35 heavy (non-hydrogen) atoms. The highest BCUT2D eigenvalue weighted by Crippen LogP contribution is 2.38. The number of amides is 1. The van der Waals surface area contributed by atoms with E-state index in [-0.39, 0.29) is 39.9 Å². The summed E-state index contributed by atoms with van der Waals surface area (Å²) in [5.41, 5.74) is -0.0140. The van der Waals surface area contributed by atoms with Crippen molar-refractivity contribution in [2.24, 2.45) is 17.3 Å². The molecule has 1 amide bonds. The van der Waals surface area contributed by atoms with E-state index in [0.717, 1.165) is 17.8 Å². The fraction of sp³-hybridized carbons (Fsp3) is 0.238. The largest absolute Gasteiger partial charge is 0.481 e. The number of amidine groups is 1. The summed E-state index contributed by atoms with van der Waals surface area (Å²) in [6, 6.07) is 7.09. The van der Waals surface area contributed by atoms with Gasteiger partial charge >= 0.3 is 12.1 Å². The first-order valence-corrected chi connectivity index (χ1v) is 10.9. The second-order valence-electron chi connectivity index (χ2n) is 7.43. The van der Waals surface area contributed by atoms with Crippen LogP contribution in [0.5, 0.6) is 11.6 Å². The van der Waals surface area contributed by atoms with E-state index in [1.54, 1.807) is 12.1 Å². The van der Waals surface area contributed by atoms with Crippen molar-refractivity contribution in [1.29, 1.82) is 0 Å². The van der Waals surface area contributed by atoms with Crippen molar-refractivity contribution in [2.45, 2.75) is 24.8 Å². The molecule has 4 rings (SSSR count). The number of alkyl halides is 3. The molecular formula is C21H17F3N6O4S. The number of carbonyl (C=O) groups is 2. The van der Waals surface area contributed by atoms with Gasteiger partial charge in [0.2, 0.25) is 11.8 Å². The van der Waals surface area contributed by atoms with Crippen molar-refractivity contribution in [3.63, 3.8) is 0 Å². The van der Waals surface area contributed by atoms with Crippen LogP contribution in [0.15, 0.2) is 40.5 Å². The summed E-state index contributed by atoms with van der Waals surface area (Å²) in [4.78, 5) is 26.6. The molecule has 1 aromatic carbocycles.